The number of aliphatic hydroxyl groups excluding tert-OH is 2. The van der Waals surface area contributed by atoms with Gasteiger partial charge < -0.3 is 33.9 Å². The molecule has 1 heterocycles. The Morgan fingerprint density at radius 2 is 0.933 bits per heavy atom. The summed E-state index contributed by atoms with van der Waals surface area (Å²) in [7, 11) is 3.23. The molecule has 1 saturated heterocycles. The van der Waals surface area contributed by atoms with Crippen LogP contribution in [-0.4, -0.2) is 36.6 Å². The SMILES string of the molecule is COc1cc([C@H]2O[C@H](c3ccc(O[C@H](C)[C@H](O)c4ccccc4)c(OC)c3)[C@H](C)[C@H]2C)ccc1O[C@H](C)[C@H](O)c1ccccc1. The highest BCUT2D eigenvalue weighted by Gasteiger charge is 2.41. The number of benzene rings is 4. The van der Waals surface area contributed by atoms with Crippen molar-refractivity contribution in [2.75, 3.05) is 14.2 Å². The van der Waals surface area contributed by atoms with Crippen LogP contribution in [0.4, 0.5) is 0 Å². The molecule has 5 rings (SSSR count). The molecule has 0 aliphatic carbocycles. The van der Waals surface area contributed by atoms with Crippen LogP contribution >= 0.6 is 0 Å². The third-order valence-electron chi connectivity index (χ3n) is 8.91. The van der Waals surface area contributed by atoms with Crippen molar-refractivity contribution in [1.29, 1.82) is 0 Å². The molecular weight excluding hydrogens is 568 g/mol. The lowest BCUT2D eigenvalue weighted by atomic mass is 9.85. The lowest BCUT2D eigenvalue weighted by molar-refractivity contribution is 0.0281. The predicted molar refractivity (Wildman–Crippen MR) is 174 cm³/mol. The quantitative estimate of drug-likeness (QED) is 0.169. The van der Waals surface area contributed by atoms with Gasteiger partial charge in [0.25, 0.3) is 0 Å². The molecule has 0 unspecified atom stereocenters. The highest BCUT2D eigenvalue weighted by molar-refractivity contribution is 5.46. The van der Waals surface area contributed by atoms with E-state index >= 15 is 0 Å². The standard InChI is InChI=1S/C38H44O7/c1-23-24(2)38(30-18-20-32(34(22-30)42-6)44-26(4)36(40)28-15-11-8-12-16-28)45-37(23)29-17-19-31(33(21-29)41-5)43-25(3)35(39)27-13-9-7-10-14-27/h7-26,35-40H,1-6H3/t23-,24-,25-,26-,35+,36+,37+,38+/m1/s1. The summed E-state index contributed by atoms with van der Waals surface area (Å²) in [5.41, 5.74) is 3.58. The number of methoxy groups -OCH3 is 2. The third kappa shape index (κ3) is 7.12. The molecule has 0 saturated carbocycles. The minimum Gasteiger partial charge on any atom is -0.493 e. The first kappa shape index (κ1) is 32.4. The van der Waals surface area contributed by atoms with Crippen molar-refractivity contribution in [3.8, 4) is 23.0 Å². The van der Waals surface area contributed by atoms with Crippen molar-refractivity contribution in [2.24, 2.45) is 11.8 Å². The van der Waals surface area contributed by atoms with Crippen LogP contribution in [0.2, 0.25) is 0 Å². The zero-order chi connectivity index (χ0) is 32.1. The Labute approximate surface area is 266 Å². The van der Waals surface area contributed by atoms with E-state index in [1.54, 1.807) is 14.2 Å². The van der Waals surface area contributed by atoms with Crippen LogP contribution in [-0.2, 0) is 4.74 Å². The molecule has 0 amide bonds. The molecule has 0 radical (unpaired) electrons. The Bertz CT molecular complexity index is 1410. The second-order valence-corrected chi connectivity index (χ2v) is 11.9. The Morgan fingerprint density at radius 3 is 1.29 bits per heavy atom. The van der Waals surface area contributed by atoms with Crippen molar-refractivity contribution < 1.29 is 33.9 Å². The van der Waals surface area contributed by atoms with Crippen molar-refractivity contribution in [3.63, 3.8) is 0 Å². The van der Waals surface area contributed by atoms with E-state index in [0.717, 1.165) is 22.3 Å². The maximum Gasteiger partial charge on any atom is 0.161 e. The van der Waals surface area contributed by atoms with E-state index in [4.69, 9.17) is 23.7 Å². The van der Waals surface area contributed by atoms with Gasteiger partial charge in [-0.25, -0.2) is 0 Å². The number of rotatable bonds is 12. The molecule has 1 fully saturated rings. The lowest BCUT2D eigenvalue weighted by Gasteiger charge is -2.23. The van der Waals surface area contributed by atoms with E-state index in [1.165, 1.54) is 0 Å². The van der Waals surface area contributed by atoms with E-state index in [1.807, 2.05) is 111 Å². The maximum absolute atomic E-state index is 10.8. The smallest absolute Gasteiger partial charge is 0.161 e. The second-order valence-electron chi connectivity index (χ2n) is 11.9. The van der Waals surface area contributed by atoms with E-state index in [0.29, 0.717) is 23.0 Å². The normalized spacial score (nSPS) is 22.2. The van der Waals surface area contributed by atoms with Gasteiger partial charge in [-0.15, -0.1) is 0 Å². The van der Waals surface area contributed by atoms with Gasteiger partial charge in [0.05, 0.1) is 26.4 Å². The van der Waals surface area contributed by atoms with Crippen molar-refractivity contribution in [2.45, 2.75) is 64.3 Å². The molecule has 0 spiro atoms. The highest BCUT2D eigenvalue weighted by atomic mass is 16.5. The van der Waals surface area contributed by atoms with Gasteiger partial charge in [0, 0.05) is 0 Å². The minimum absolute atomic E-state index is 0.164. The number of hydrogen-bond acceptors (Lipinski definition) is 7. The van der Waals surface area contributed by atoms with Crippen LogP contribution in [0.5, 0.6) is 23.0 Å². The fraction of sp³-hybridized carbons (Fsp3) is 0.368. The molecule has 1 aliphatic heterocycles. The summed E-state index contributed by atoms with van der Waals surface area (Å²) in [6, 6.07) is 30.7. The van der Waals surface area contributed by atoms with E-state index in [2.05, 4.69) is 13.8 Å². The van der Waals surface area contributed by atoms with Crippen LogP contribution in [0.1, 0.15) is 74.4 Å². The van der Waals surface area contributed by atoms with Crippen molar-refractivity contribution in [3.05, 3.63) is 119 Å². The first-order chi connectivity index (χ1) is 21.7. The van der Waals surface area contributed by atoms with Crippen LogP contribution in [0.25, 0.3) is 0 Å². The van der Waals surface area contributed by atoms with E-state index in [-0.39, 0.29) is 24.0 Å². The fourth-order valence-electron chi connectivity index (χ4n) is 6.01. The lowest BCUT2D eigenvalue weighted by Crippen LogP contribution is -2.22. The van der Waals surface area contributed by atoms with Gasteiger partial charge in [0.1, 0.15) is 24.4 Å². The first-order valence-corrected chi connectivity index (χ1v) is 15.5. The number of aliphatic hydroxyl groups is 2. The average Bonchev–Trinajstić information content (AvgIpc) is 3.38. The summed E-state index contributed by atoms with van der Waals surface area (Å²) < 4.78 is 30.5. The molecule has 4 aromatic rings. The summed E-state index contributed by atoms with van der Waals surface area (Å²) in [5, 5.41) is 21.6. The molecule has 1 aliphatic rings. The summed E-state index contributed by atoms with van der Waals surface area (Å²) >= 11 is 0. The molecular formula is C38H44O7. The third-order valence-corrected chi connectivity index (χ3v) is 8.91. The van der Waals surface area contributed by atoms with Gasteiger partial charge in [-0.3, -0.25) is 0 Å². The molecule has 0 bridgehead atoms. The summed E-state index contributed by atoms with van der Waals surface area (Å²) in [6.45, 7) is 8.09. The van der Waals surface area contributed by atoms with Crippen LogP contribution in [0, 0.1) is 11.8 Å². The second kappa shape index (κ2) is 14.4. The van der Waals surface area contributed by atoms with E-state index in [9.17, 15) is 10.2 Å². The zero-order valence-corrected chi connectivity index (χ0v) is 26.8. The van der Waals surface area contributed by atoms with Crippen molar-refractivity contribution >= 4 is 0 Å². The highest BCUT2D eigenvalue weighted by Crippen LogP contribution is 2.51. The van der Waals surface area contributed by atoms with Gasteiger partial charge in [-0.2, -0.15) is 0 Å². The van der Waals surface area contributed by atoms with Crippen molar-refractivity contribution in [1.82, 2.24) is 0 Å². The number of ether oxygens (including phenoxy) is 5. The molecule has 7 heteroatoms. The Kier molecular flexibility index (Phi) is 10.3. The van der Waals surface area contributed by atoms with Gasteiger partial charge in [0.2, 0.25) is 0 Å². The summed E-state index contributed by atoms with van der Waals surface area (Å²) in [6.07, 6.45) is -2.84. The van der Waals surface area contributed by atoms with Gasteiger partial charge in [0.15, 0.2) is 23.0 Å². The van der Waals surface area contributed by atoms with Crippen LogP contribution < -0.4 is 18.9 Å². The summed E-state index contributed by atoms with van der Waals surface area (Å²) in [4.78, 5) is 0. The fourth-order valence-corrected chi connectivity index (χ4v) is 6.01. The molecule has 7 nitrogen and oxygen atoms in total. The molecule has 8 atom stereocenters. The largest absolute Gasteiger partial charge is 0.493 e. The van der Waals surface area contributed by atoms with Crippen LogP contribution in [0.3, 0.4) is 0 Å². The van der Waals surface area contributed by atoms with Crippen LogP contribution in [0.15, 0.2) is 97.1 Å². The first-order valence-electron chi connectivity index (χ1n) is 15.5. The number of hydrogen-bond donors (Lipinski definition) is 2. The molecule has 0 aromatic heterocycles. The maximum atomic E-state index is 10.8. The molecule has 238 valence electrons. The zero-order valence-electron chi connectivity index (χ0n) is 26.8. The Hall–Kier alpha value is -4.04. The topological polar surface area (TPSA) is 86.6 Å². The molecule has 2 N–H and O–H groups in total. The van der Waals surface area contributed by atoms with Gasteiger partial charge in [-0.1, -0.05) is 86.6 Å². The minimum atomic E-state index is -0.777. The van der Waals surface area contributed by atoms with E-state index < -0.39 is 24.4 Å². The molecule has 4 aromatic carbocycles. The van der Waals surface area contributed by atoms with Gasteiger partial charge >= 0.3 is 0 Å². The monoisotopic (exact) mass is 612 g/mol. The molecule has 45 heavy (non-hydrogen) atoms. The Balaban J connectivity index is 1.30. The van der Waals surface area contributed by atoms with Gasteiger partial charge in [-0.05, 0) is 72.2 Å². The predicted octanol–water partition coefficient (Wildman–Crippen LogP) is 7.79. The summed E-state index contributed by atoms with van der Waals surface area (Å²) in [5.74, 6) is 2.72. The Morgan fingerprint density at radius 1 is 0.556 bits per heavy atom. The average molecular weight is 613 g/mol.